The topological polar surface area (TPSA) is 81.0 Å². The largest absolute Gasteiger partial charge is 0.368 e. The standard InChI is InChI=1S/C18H18N6O/c1-22-6-5-15-16(22)20-18(21-17(15)25)24-9-7-23(8-10-24)14-4-2-3-13(11-14)12-19/h2-6,11H,7-10H2,1H3,(H,20,21,25). The average Bonchev–Trinajstić information content (AvgIpc) is 3.03. The van der Waals surface area contributed by atoms with E-state index in [4.69, 9.17) is 5.26 Å². The fourth-order valence-corrected chi connectivity index (χ4v) is 3.23. The van der Waals surface area contributed by atoms with Crippen LogP contribution < -0.4 is 15.4 Å². The molecule has 0 atom stereocenters. The van der Waals surface area contributed by atoms with Crippen LogP contribution in [0.5, 0.6) is 0 Å². The predicted octanol–water partition coefficient (Wildman–Crippen LogP) is 1.46. The van der Waals surface area contributed by atoms with Crippen molar-refractivity contribution in [2.24, 2.45) is 7.05 Å². The van der Waals surface area contributed by atoms with E-state index in [9.17, 15) is 4.79 Å². The molecule has 0 aliphatic carbocycles. The van der Waals surface area contributed by atoms with Gasteiger partial charge in [0.25, 0.3) is 5.56 Å². The number of H-pyrrole nitrogens is 1. The molecule has 1 aliphatic heterocycles. The lowest BCUT2D eigenvalue weighted by Gasteiger charge is -2.36. The first-order valence-electron chi connectivity index (χ1n) is 8.21. The van der Waals surface area contributed by atoms with Crippen LogP contribution in [-0.4, -0.2) is 40.7 Å². The van der Waals surface area contributed by atoms with Gasteiger partial charge in [-0.1, -0.05) is 6.07 Å². The Balaban J connectivity index is 1.55. The molecule has 126 valence electrons. The molecule has 7 nitrogen and oxygen atoms in total. The summed E-state index contributed by atoms with van der Waals surface area (Å²) < 4.78 is 1.86. The molecule has 0 bridgehead atoms. The zero-order valence-corrected chi connectivity index (χ0v) is 13.9. The molecule has 0 unspecified atom stereocenters. The summed E-state index contributed by atoms with van der Waals surface area (Å²) in [6.45, 7) is 3.14. The maximum absolute atomic E-state index is 12.2. The summed E-state index contributed by atoms with van der Waals surface area (Å²) in [7, 11) is 1.89. The van der Waals surface area contributed by atoms with Gasteiger partial charge in [0, 0.05) is 45.1 Å². The molecular weight excluding hydrogens is 316 g/mol. The number of anilines is 2. The Hall–Kier alpha value is -3.27. The minimum Gasteiger partial charge on any atom is -0.368 e. The lowest BCUT2D eigenvalue weighted by Crippen LogP contribution is -2.47. The van der Waals surface area contributed by atoms with Crippen LogP contribution in [0, 0.1) is 11.3 Å². The molecule has 4 rings (SSSR count). The van der Waals surface area contributed by atoms with Gasteiger partial charge in [0.2, 0.25) is 5.95 Å². The Morgan fingerprint density at radius 1 is 1.16 bits per heavy atom. The molecule has 3 aromatic rings. The SMILES string of the molecule is Cn1ccc2c(=O)[nH]c(N3CCN(c4cccc(C#N)c4)CC3)nc21. The lowest BCUT2D eigenvalue weighted by molar-refractivity contribution is 0.640. The number of hydrogen-bond acceptors (Lipinski definition) is 5. The fourth-order valence-electron chi connectivity index (χ4n) is 3.23. The van der Waals surface area contributed by atoms with E-state index in [1.54, 1.807) is 6.07 Å². The van der Waals surface area contributed by atoms with Gasteiger partial charge in [-0.25, -0.2) is 0 Å². The fraction of sp³-hybridized carbons (Fsp3) is 0.278. The number of piperazine rings is 1. The number of aromatic amines is 1. The third kappa shape index (κ3) is 2.72. The molecule has 1 N–H and O–H groups in total. The van der Waals surface area contributed by atoms with E-state index >= 15 is 0 Å². The summed E-state index contributed by atoms with van der Waals surface area (Å²) in [4.78, 5) is 24.1. The second-order valence-electron chi connectivity index (χ2n) is 6.19. The van der Waals surface area contributed by atoms with Crippen LogP contribution in [-0.2, 0) is 7.05 Å². The predicted molar refractivity (Wildman–Crippen MR) is 96.9 cm³/mol. The van der Waals surface area contributed by atoms with Crippen LogP contribution in [0.4, 0.5) is 11.6 Å². The number of benzene rings is 1. The third-order valence-electron chi connectivity index (χ3n) is 4.64. The van der Waals surface area contributed by atoms with Crippen LogP contribution in [0.25, 0.3) is 11.0 Å². The number of nitrogens with zero attached hydrogens (tertiary/aromatic N) is 5. The van der Waals surface area contributed by atoms with Crippen LogP contribution in [0.2, 0.25) is 0 Å². The first-order valence-corrected chi connectivity index (χ1v) is 8.21. The number of hydrogen-bond donors (Lipinski definition) is 1. The smallest absolute Gasteiger partial charge is 0.261 e. The summed E-state index contributed by atoms with van der Waals surface area (Å²) in [6, 6.07) is 11.6. The summed E-state index contributed by atoms with van der Waals surface area (Å²) in [5.41, 5.74) is 2.31. The number of nitriles is 1. The van der Waals surface area contributed by atoms with Gasteiger partial charge in [0.15, 0.2) is 0 Å². The lowest BCUT2D eigenvalue weighted by atomic mass is 10.2. The molecule has 2 aromatic heterocycles. The second kappa shape index (κ2) is 5.98. The molecule has 1 fully saturated rings. The van der Waals surface area contributed by atoms with Gasteiger partial charge < -0.3 is 14.4 Å². The Morgan fingerprint density at radius 3 is 2.68 bits per heavy atom. The molecule has 1 saturated heterocycles. The summed E-state index contributed by atoms with van der Waals surface area (Å²) >= 11 is 0. The highest BCUT2D eigenvalue weighted by Gasteiger charge is 2.20. The Morgan fingerprint density at radius 2 is 1.92 bits per heavy atom. The molecule has 0 amide bonds. The van der Waals surface area contributed by atoms with Crippen LogP contribution in [0.3, 0.4) is 0 Å². The molecule has 1 aromatic carbocycles. The van der Waals surface area contributed by atoms with Crippen molar-refractivity contribution < 1.29 is 0 Å². The zero-order chi connectivity index (χ0) is 17.4. The van der Waals surface area contributed by atoms with Gasteiger partial charge in [-0.05, 0) is 24.3 Å². The van der Waals surface area contributed by atoms with Crippen LogP contribution >= 0.6 is 0 Å². The first kappa shape index (κ1) is 15.3. The number of rotatable bonds is 2. The summed E-state index contributed by atoms with van der Waals surface area (Å²) in [5, 5.41) is 9.66. The monoisotopic (exact) mass is 334 g/mol. The Labute approximate surface area is 144 Å². The number of nitrogens with one attached hydrogen (secondary N) is 1. The van der Waals surface area contributed by atoms with E-state index in [0.717, 1.165) is 31.9 Å². The van der Waals surface area contributed by atoms with Crippen molar-refractivity contribution in [1.82, 2.24) is 14.5 Å². The van der Waals surface area contributed by atoms with Crippen LogP contribution in [0.1, 0.15) is 5.56 Å². The highest BCUT2D eigenvalue weighted by molar-refractivity contribution is 5.76. The van der Waals surface area contributed by atoms with Gasteiger partial charge >= 0.3 is 0 Å². The molecule has 0 radical (unpaired) electrons. The molecule has 1 aliphatic rings. The van der Waals surface area contributed by atoms with E-state index in [2.05, 4.69) is 25.8 Å². The minimum atomic E-state index is -0.107. The van der Waals surface area contributed by atoms with Gasteiger partial charge in [0.1, 0.15) is 5.65 Å². The van der Waals surface area contributed by atoms with Crippen molar-refractivity contribution in [2.75, 3.05) is 36.0 Å². The maximum atomic E-state index is 12.2. The molecule has 25 heavy (non-hydrogen) atoms. The van der Waals surface area contributed by atoms with Crippen molar-refractivity contribution in [3.05, 3.63) is 52.4 Å². The quantitative estimate of drug-likeness (QED) is 0.767. The number of fused-ring (bicyclic) bond motifs is 1. The highest BCUT2D eigenvalue weighted by atomic mass is 16.1. The molecule has 0 spiro atoms. The van der Waals surface area contributed by atoms with E-state index in [1.807, 2.05) is 42.1 Å². The first-order chi connectivity index (χ1) is 12.2. The number of aryl methyl sites for hydroxylation is 1. The van der Waals surface area contributed by atoms with Crippen LogP contribution in [0.15, 0.2) is 41.3 Å². The Kier molecular flexibility index (Phi) is 3.65. The normalized spacial score (nSPS) is 14.7. The van der Waals surface area contributed by atoms with Gasteiger partial charge in [-0.3, -0.25) is 9.78 Å². The molecular formula is C18H18N6O. The second-order valence-corrected chi connectivity index (χ2v) is 6.19. The zero-order valence-electron chi connectivity index (χ0n) is 13.9. The average molecular weight is 334 g/mol. The maximum Gasteiger partial charge on any atom is 0.261 e. The number of aromatic nitrogens is 3. The van der Waals surface area contributed by atoms with E-state index < -0.39 is 0 Å². The van der Waals surface area contributed by atoms with E-state index in [1.165, 1.54) is 0 Å². The Bertz CT molecular complexity index is 1020. The summed E-state index contributed by atoms with van der Waals surface area (Å²) in [6.07, 6.45) is 1.84. The molecule has 0 saturated carbocycles. The van der Waals surface area contributed by atoms with Gasteiger partial charge in [0.05, 0.1) is 17.0 Å². The van der Waals surface area contributed by atoms with Crippen molar-refractivity contribution in [1.29, 1.82) is 5.26 Å². The molecule has 3 heterocycles. The van der Waals surface area contributed by atoms with Crippen molar-refractivity contribution >= 4 is 22.7 Å². The minimum absolute atomic E-state index is 0.107. The van der Waals surface area contributed by atoms with E-state index in [0.29, 0.717) is 22.5 Å². The highest BCUT2D eigenvalue weighted by Crippen LogP contribution is 2.20. The van der Waals surface area contributed by atoms with Crippen molar-refractivity contribution in [3.8, 4) is 6.07 Å². The molecule has 7 heteroatoms. The van der Waals surface area contributed by atoms with Gasteiger partial charge in [-0.2, -0.15) is 10.2 Å². The third-order valence-corrected chi connectivity index (χ3v) is 4.64. The van der Waals surface area contributed by atoms with Gasteiger partial charge in [-0.15, -0.1) is 0 Å². The van der Waals surface area contributed by atoms with E-state index in [-0.39, 0.29) is 5.56 Å². The van der Waals surface area contributed by atoms with Crippen molar-refractivity contribution in [3.63, 3.8) is 0 Å². The van der Waals surface area contributed by atoms with Crippen molar-refractivity contribution in [2.45, 2.75) is 0 Å². The summed E-state index contributed by atoms with van der Waals surface area (Å²) in [5.74, 6) is 0.615.